The summed E-state index contributed by atoms with van der Waals surface area (Å²) in [6, 6.07) is 7.89. The van der Waals surface area contributed by atoms with E-state index >= 15 is 0 Å². The minimum absolute atomic E-state index is 0.186. The number of esters is 1. The molecule has 2 heterocycles. The fourth-order valence-corrected chi connectivity index (χ4v) is 2.74. The number of nitrogens with two attached hydrogens (primary N) is 1. The second kappa shape index (κ2) is 9.14. The number of hydrogen-bond donors (Lipinski definition) is 1. The molecule has 0 saturated heterocycles. The molecule has 1 aromatic carbocycles. The average Bonchev–Trinajstić information content (AvgIpc) is 3.09. The number of imidazole rings is 1. The van der Waals surface area contributed by atoms with Crippen LogP contribution in [0.25, 0.3) is 11.2 Å². The first-order valence-electron chi connectivity index (χ1n) is 8.94. The van der Waals surface area contributed by atoms with Gasteiger partial charge in [-0.2, -0.15) is 9.97 Å². The topological polar surface area (TPSA) is 114 Å². The molecule has 2 N–H and O–H groups in total. The molecule has 0 spiro atoms. The summed E-state index contributed by atoms with van der Waals surface area (Å²) >= 11 is 0. The van der Waals surface area contributed by atoms with Gasteiger partial charge in [0.2, 0.25) is 0 Å². The molecule has 148 valence electrons. The Morgan fingerprint density at radius 1 is 1.21 bits per heavy atom. The van der Waals surface area contributed by atoms with Crippen molar-refractivity contribution >= 4 is 23.0 Å². The minimum atomic E-state index is -0.278. The third kappa shape index (κ3) is 4.74. The highest BCUT2D eigenvalue weighted by atomic mass is 16.5. The van der Waals surface area contributed by atoms with Crippen molar-refractivity contribution in [3.63, 3.8) is 0 Å². The van der Waals surface area contributed by atoms with E-state index in [1.54, 1.807) is 6.33 Å². The Morgan fingerprint density at radius 2 is 2.04 bits per heavy atom. The molecule has 0 amide bonds. The van der Waals surface area contributed by atoms with Crippen LogP contribution < -0.4 is 10.5 Å². The van der Waals surface area contributed by atoms with Crippen LogP contribution in [-0.2, 0) is 27.2 Å². The lowest BCUT2D eigenvalue weighted by Gasteiger charge is -2.08. The number of nitrogen functional groups attached to an aromatic ring is 1. The molecule has 0 atom stereocenters. The molecule has 3 rings (SSSR count). The van der Waals surface area contributed by atoms with Gasteiger partial charge in [0.1, 0.15) is 6.61 Å². The molecule has 28 heavy (non-hydrogen) atoms. The van der Waals surface area contributed by atoms with Crippen LogP contribution in [0.3, 0.4) is 0 Å². The lowest BCUT2D eigenvalue weighted by atomic mass is 10.1. The van der Waals surface area contributed by atoms with Gasteiger partial charge in [0.05, 0.1) is 33.0 Å². The van der Waals surface area contributed by atoms with Crippen molar-refractivity contribution in [2.24, 2.45) is 0 Å². The van der Waals surface area contributed by atoms with Crippen molar-refractivity contribution in [3.8, 4) is 6.01 Å². The van der Waals surface area contributed by atoms with E-state index in [1.165, 1.54) is 7.11 Å². The molecule has 0 bridgehead atoms. The maximum absolute atomic E-state index is 11.5. The number of methoxy groups -OCH3 is 1. The van der Waals surface area contributed by atoms with E-state index in [1.807, 2.05) is 35.8 Å². The van der Waals surface area contributed by atoms with Crippen molar-refractivity contribution in [3.05, 3.63) is 41.7 Å². The monoisotopic (exact) mass is 385 g/mol. The Morgan fingerprint density at radius 3 is 2.82 bits per heavy atom. The van der Waals surface area contributed by atoms with Gasteiger partial charge in [-0.15, -0.1) is 0 Å². The molecule has 0 unspecified atom stereocenters. The zero-order chi connectivity index (χ0) is 19.9. The average molecular weight is 385 g/mol. The van der Waals surface area contributed by atoms with Crippen LogP contribution in [-0.4, -0.2) is 52.4 Å². The largest absolute Gasteiger partial charge is 0.469 e. The number of carbonyl (C=O) groups is 1. The quantitative estimate of drug-likeness (QED) is 0.436. The summed E-state index contributed by atoms with van der Waals surface area (Å²) in [5, 5.41) is 0. The second-order valence-electron chi connectivity index (χ2n) is 6.05. The molecule has 0 saturated carbocycles. The molecule has 2 aromatic heterocycles. The Balaban J connectivity index is 1.80. The lowest BCUT2D eigenvalue weighted by molar-refractivity contribution is -0.139. The van der Waals surface area contributed by atoms with Crippen LogP contribution in [0, 0.1) is 0 Å². The summed E-state index contributed by atoms with van der Waals surface area (Å²) < 4.78 is 17.4. The third-order valence-corrected chi connectivity index (χ3v) is 4.05. The molecule has 0 aliphatic carbocycles. The summed E-state index contributed by atoms with van der Waals surface area (Å²) in [5.41, 5.74) is 8.97. The van der Waals surface area contributed by atoms with Crippen molar-refractivity contribution in [1.29, 1.82) is 0 Å². The number of rotatable bonds is 9. The predicted octanol–water partition coefficient (Wildman–Crippen LogP) is 1.59. The standard InChI is InChI=1S/C19H23N5O4/c1-3-27-7-8-28-19-22-17(20)16-18(23-19)24(12-21-16)11-14-6-4-5-13(9-14)10-15(25)26-2/h4-6,9,12H,3,7-8,10-11H2,1-2H3,(H2,20,22,23). The Labute approximate surface area is 162 Å². The van der Waals surface area contributed by atoms with Gasteiger partial charge in [-0.3, -0.25) is 4.79 Å². The molecule has 3 aromatic rings. The van der Waals surface area contributed by atoms with E-state index in [2.05, 4.69) is 15.0 Å². The first kappa shape index (κ1) is 19.6. The van der Waals surface area contributed by atoms with Gasteiger partial charge < -0.3 is 24.5 Å². The van der Waals surface area contributed by atoms with E-state index in [9.17, 15) is 4.79 Å². The van der Waals surface area contributed by atoms with E-state index in [0.717, 1.165) is 11.1 Å². The number of anilines is 1. The van der Waals surface area contributed by atoms with Gasteiger partial charge in [0.25, 0.3) is 0 Å². The molecule has 0 aliphatic heterocycles. The zero-order valence-corrected chi connectivity index (χ0v) is 15.9. The summed E-state index contributed by atoms with van der Waals surface area (Å²) in [5.74, 6) is -0.0193. The van der Waals surface area contributed by atoms with Crippen molar-refractivity contribution in [2.45, 2.75) is 19.9 Å². The molecular weight excluding hydrogens is 362 g/mol. The second-order valence-corrected chi connectivity index (χ2v) is 6.05. The lowest BCUT2D eigenvalue weighted by Crippen LogP contribution is -2.10. The highest BCUT2D eigenvalue weighted by molar-refractivity contribution is 5.82. The maximum Gasteiger partial charge on any atom is 0.320 e. The van der Waals surface area contributed by atoms with E-state index < -0.39 is 0 Å². The Hall–Kier alpha value is -3.20. The smallest absolute Gasteiger partial charge is 0.320 e. The summed E-state index contributed by atoms with van der Waals surface area (Å²) in [7, 11) is 1.38. The number of fused-ring (bicyclic) bond motifs is 1. The van der Waals surface area contributed by atoms with Crippen LogP contribution in [0.2, 0.25) is 0 Å². The van der Waals surface area contributed by atoms with Crippen LogP contribution in [0.5, 0.6) is 6.01 Å². The van der Waals surface area contributed by atoms with Crippen LogP contribution in [0.1, 0.15) is 18.1 Å². The summed E-state index contributed by atoms with van der Waals surface area (Å²) in [4.78, 5) is 24.4. The first-order chi connectivity index (χ1) is 13.6. The van der Waals surface area contributed by atoms with Crippen molar-refractivity contribution in [1.82, 2.24) is 19.5 Å². The molecule has 0 aliphatic rings. The molecule has 9 heteroatoms. The number of ether oxygens (including phenoxy) is 3. The zero-order valence-electron chi connectivity index (χ0n) is 15.9. The number of benzene rings is 1. The SMILES string of the molecule is CCOCCOc1nc(N)c2ncn(Cc3cccc(CC(=O)OC)c3)c2n1. The third-order valence-electron chi connectivity index (χ3n) is 4.05. The van der Waals surface area contributed by atoms with Crippen LogP contribution in [0.15, 0.2) is 30.6 Å². The fraction of sp³-hybridized carbons (Fsp3) is 0.368. The normalized spacial score (nSPS) is 10.9. The minimum Gasteiger partial charge on any atom is -0.469 e. The number of aromatic nitrogens is 4. The van der Waals surface area contributed by atoms with Gasteiger partial charge in [0, 0.05) is 6.61 Å². The molecular formula is C19H23N5O4. The number of carbonyl (C=O) groups excluding carboxylic acids is 1. The van der Waals surface area contributed by atoms with Gasteiger partial charge in [-0.25, -0.2) is 4.98 Å². The Bertz CT molecular complexity index is 957. The van der Waals surface area contributed by atoms with Gasteiger partial charge in [0.15, 0.2) is 17.0 Å². The number of nitrogens with zero attached hydrogens (tertiary/aromatic N) is 4. The van der Waals surface area contributed by atoms with E-state index in [-0.39, 0.29) is 24.2 Å². The van der Waals surface area contributed by atoms with Gasteiger partial charge >= 0.3 is 12.0 Å². The number of hydrogen-bond acceptors (Lipinski definition) is 8. The summed E-state index contributed by atoms with van der Waals surface area (Å²) in [6.07, 6.45) is 1.88. The highest BCUT2D eigenvalue weighted by Gasteiger charge is 2.13. The van der Waals surface area contributed by atoms with Crippen LogP contribution >= 0.6 is 0 Å². The van der Waals surface area contributed by atoms with Gasteiger partial charge in [-0.05, 0) is 18.1 Å². The molecule has 9 nitrogen and oxygen atoms in total. The molecule has 0 radical (unpaired) electrons. The van der Waals surface area contributed by atoms with E-state index in [0.29, 0.717) is 37.5 Å². The molecule has 0 fully saturated rings. The predicted molar refractivity (Wildman–Crippen MR) is 103 cm³/mol. The van der Waals surface area contributed by atoms with E-state index in [4.69, 9.17) is 19.9 Å². The fourth-order valence-electron chi connectivity index (χ4n) is 2.74. The maximum atomic E-state index is 11.5. The van der Waals surface area contributed by atoms with Gasteiger partial charge in [-0.1, -0.05) is 24.3 Å². The summed E-state index contributed by atoms with van der Waals surface area (Å²) in [6.45, 7) is 3.83. The Kier molecular flexibility index (Phi) is 6.38. The van der Waals surface area contributed by atoms with Crippen molar-refractivity contribution in [2.75, 3.05) is 32.7 Å². The first-order valence-corrected chi connectivity index (χ1v) is 8.94. The highest BCUT2D eigenvalue weighted by Crippen LogP contribution is 2.20. The van der Waals surface area contributed by atoms with Crippen molar-refractivity contribution < 1.29 is 19.0 Å². The van der Waals surface area contributed by atoms with Crippen LogP contribution in [0.4, 0.5) is 5.82 Å².